The minimum absolute atomic E-state index is 0.0321. The van der Waals surface area contributed by atoms with Crippen LogP contribution in [0, 0.1) is 0 Å². The van der Waals surface area contributed by atoms with Crippen LogP contribution in [0.3, 0.4) is 0 Å². The van der Waals surface area contributed by atoms with Gasteiger partial charge in [-0.05, 0) is 30.8 Å². The third-order valence-corrected chi connectivity index (χ3v) is 8.19. The van der Waals surface area contributed by atoms with E-state index in [-0.39, 0.29) is 12.5 Å². The highest BCUT2D eigenvalue weighted by molar-refractivity contribution is 8.29. The molecule has 0 N–H and O–H groups in total. The van der Waals surface area contributed by atoms with Gasteiger partial charge in [0.25, 0.3) is 0 Å². The van der Waals surface area contributed by atoms with Crippen molar-refractivity contribution in [3.63, 3.8) is 0 Å². The summed E-state index contributed by atoms with van der Waals surface area (Å²) in [5, 5.41) is 2.89. The molecule has 3 aliphatic heterocycles. The highest BCUT2D eigenvalue weighted by atomic mass is 32.2. The first kappa shape index (κ1) is 23.5. The summed E-state index contributed by atoms with van der Waals surface area (Å²) < 4.78 is 10.9. The van der Waals surface area contributed by atoms with Crippen molar-refractivity contribution in [3.05, 3.63) is 77.0 Å². The standard InChI is InChI=1S/C27H29N3O4S/c1-3-34-26(32)24-19(2)28-27-30(25(24)20-9-5-4-6-10-20)23(31)18-35(27)17-21-11-7-8-12-22(21)29-13-15-33-16-14-29/h4-12,17,25H,3,13-16,18H2,1-2H3. The summed E-state index contributed by atoms with van der Waals surface area (Å²) >= 11 is 0. The number of anilines is 1. The number of ether oxygens (including phenoxy) is 2. The fourth-order valence-corrected chi connectivity index (χ4v) is 6.69. The summed E-state index contributed by atoms with van der Waals surface area (Å²) in [5.74, 6) is -0.124. The SMILES string of the molecule is CCOC(=O)C1=C(C)N=C2N(C(=O)C/S2=C\c2ccccc2N2CCOCC2)C1c1ccccc1. The van der Waals surface area contributed by atoms with Crippen LogP contribution in [0.2, 0.25) is 0 Å². The van der Waals surface area contributed by atoms with E-state index in [2.05, 4.69) is 22.4 Å². The number of carbonyl (C=O) groups is 2. The Kier molecular flexibility index (Phi) is 6.83. The number of benzene rings is 2. The summed E-state index contributed by atoms with van der Waals surface area (Å²) in [6.45, 7) is 6.96. The molecule has 1 amide bonds. The van der Waals surface area contributed by atoms with Gasteiger partial charge in [0.15, 0.2) is 5.17 Å². The molecule has 3 heterocycles. The maximum Gasteiger partial charge on any atom is 0.338 e. The smallest absolute Gasteiger partial charge is 0.338 e. The molecule has 8 heteroatoms. The van der Waals surface area contributed by atoms with E-state index in [1.807, 2.05) is 49.4 Å². The molecule has 0 bridgehead atoms. The average molecular weight is 492 g/mol. The molecule has 2 unspecified atom stereocenters. The number of fused-ring (bicyclic) bond motifs is 1. The molecule has 3 aliphatic rings. The molecular formula is C27H29N3O4S. The lowest BCUT2D eigenvalue weighted by Gasteiger charge is -2.33. The minimum Gasteiger partial charge on any atom is -0.463 e. The molecule has 2 aromatic rings. The van der Waals surface area contributed by atoms with Crippen molar-refractivity contribution in [3.8, 4) is 0 Å². The molecule has 0 spiro atoms. The van der Waals surface area contributed by atoms with Gasteiger partial charge in [0.1, 0.15) is 0 Å². The Morgan fingerprint density at radius 2 is 1.86 bits per heavy atom. The molecule has 0 aromatic heterocycles. The van der Waals surface area contributed by atoms with Crippen LogP contribution < -0.4 is 4.90 Å². The predicted molar refractivity (Wildman–Crippen MR) is 140 cm³/mol. The third-order valence-electron chi connectivity index (χ3n) is 6.34. The maximum absolute atomic E-state index is 13.4. The van der Waals surface area contributed by atoms with Crippen LogP contribution in [-0.2, 0) is 19.1 Å². The van der Waals surface area contributed by atoms with Gasteiger partial charge in [-0.3, -0.25) is 9.69 Å². The Morgan fingerprint density at radius 1 is 1.14 bits per heavy atom. The molecule has 182 valence electrons. The molecular weight excluding hydrogens is 462 g/mol. The van der Waals surface area contributed by atoms with Crippen LogP contribution in [0.15, 0.2) is 70.9 Å². The van der Waals surface area contributed by atoms with Crippen molar-refractivity contribution in [1.29, 1.82) is 0 Å². The largest absolute Gasteiger partial charge is 0.463 e. The second kappa shape index (κ2) is 10.2. The first-order valence-corrected chi connectivity index (χ1v) is 13.3. The highest BCUT2D eigenvalue weighted by Crippen LogP contribution is 2.43. The summed E-state index contributed by atoms with van der Waals surface area (Å²) in [4.78, 5) is 35.3. The van der Waals surface area contributed by atoms with Gasteiger partial charge in [-0.15, -0.1) is 10.5 Å². The van der Waals surface area contributed by atoms with Gasteiger partial charge in [0.05, 0.1) is 42.9 Å². The third kappa shape index (κ3) is 4.56. The normalized spacial score (nSPS) is 22.3. The first-order valence-electron chi connectivity index (χ1n) is 11.9. The number of para-hydroxylation sites is 1. The van der Waals surface area contributed by atoms with E-state index in [1.54, 1.807) is 11.8 Å². The van der Waals surface area contributed by atoms with Gasteiger partial charge >= 0.3 is 5.97 Å². The Morgan fingerprint density at radius 3 is 2.60 bits per heavy atom. The van der Waals surface area contributed by atoms with Crippen LogP contribution in [0.25, 0.3) is 0 Å². The van der Waals surface area contributed by atoms with E-state index in [0.29, 0.717) is 35.4 Å². The Balaban J connectivity index is 1.60. The van der Waals surface area contributed by atoms with Crippen molar-refractivity contribution in [2.75, 3.05) is 43.6 Å². The van der Waals surface area contributed by atoms with Crippen molar-refractivity contribution < 1.29 is 19.1 Å². The Hall–Kier alpha value is -3.23. The molecule has 2 saturated heterocycles. The lowest BCUT2D eigenvalue weighted by atomic mass is 9.94. The molecule has 7 nitrogen and oxygen atoms in total. The second-order valence-electron chi connectivity index (χ2n) is 8.54. The molecule has 0 radical (unpaired) electrons. The zero-order chi connectivity index (χ0) is 24.4. The van der Waals surface area contributed by atoms with Gasteiger partial charge in [-0.2, -0.15) is 0 Å². The van der Waals surface area contributed by atoms with Crippen LogP contribution in [0.4, 0.5) is 5.69 Å². The zero-order valence-electron chi connectivity index (χ0n) is 20.0. The van der Waals surface area contributed by atoms with Crippen LogP contribution in [0.5, 0.6) is 0 Å². The molecule has 35 heavy (non-hydrogen) atoms. The average Bonchev–Trinajstić information content (AvgIpc) is 3.19. The Labute approximate surface area is 208 Å². The van der Waals surface area contributed by atoms with E-state index in [1.165, 1.54) is 0 Å². The fraction of sp³-hybridized carbons (Fsp3) is 0.333. The van der Waals surface area contributed by atoms with Crippen molar-refractivity contribution in [1.82, 2.24) is 4.90 Å². The fourth-order valence-electron chi connectivity index (χ4n) is 4.74. The Bertz CT molecular complexity index is 1230. The summed E-state index contributed by atoms with van der Waals surface area (Å²) in [7, 11) is -0.529. The topological polar surface area (TPSA) is 71.4 Å². The minimum atomic E-state index is -0.546. The first-order chi connectivity index (χ1) is 17.1. The van der Waals surface area contributed by atoms with Gasteiger partial charge in [-0.1, -0.05) is 48.5 Å². The molecule has 2 atom stereocenters. The molecule has 2 fully saturated rings. The number of carbonyl (C=O) groups excluding carboxylic acids is 2. The number of aliphatic imine (C=N–C) groups is 1. The second-order valence-corrected chi connectivity index (χ2v) is 10.3. The van der Waals surface area contributed by atoms with E-state index in [0.717, 1.165) is 29.9 Å². The number of nitrogens with zero attached hydrogens (tertiary/aromatic N) is 3. The van der Waals surface area contributed by atoms with Crippen molar-refractivity contribution in [2.45, 2.75) is 19.9 Å². The van der Waals surface area contributed by atoms with Gasteiger partial charge in [-0.25, -0.2) is 9.79 Å². The van der Waals surface area contributed by atoms with Gasteiger partial charge in [0, 0.05) is 24.3 Å². The van der Waals surface area contributed by atoms with Crippen molar-refractivity contribution in [2.24, 2.45) is 4.99 Å². The summed E-state index contributed by atoms with van der Waals surface area (Å²) in [6, 6.07) is 17.4. The number of hydrogen-bond acceptors (Lipinski definition) is 6. The number of morpholine rings is 1. The monoisotopic (exact) mass is 491 g/mol. The van der Waals surface area contributed by atoms with Gasteiger partial charge in [0.2, 0.25) is 5.91 Å². The van der Waals surface area contributed by atoms with Gasteiger partial charge < -0.3 is 14.4 Å². The maximum atomic E-state index is 13.4. The predicted octanol–water partition coefficient (Wildman–Crippen LogP) is 3.73. The van der Waals surface area contributed by atoms with E-state index < -0.39 is 22.5 Å². The van der Waals surface area contributed by atoms with Crippen LogP contribution >= 0.6 is 10.5 Å². The number of amidine groups is 1. The van der Waals surface area contributed by atoms with E-state index in [4.69, 9.17) is 14.5 Å². The lowest BCUT2D eigenvalue weighted by molar-refractivity contribution is -0.139. The molecule has 2 aromatic carbocycles. The van der Waals surface area contributed by atoms with Crippen molar-refractivity contribution >= 4 is 38.6 Å². The number of rotatable bonds is 5. The van der Waals surface area contributed by atoms with Crippen LogP contribution in [0.1, 0.15) is 31.0 Å². The van der Waals surface area contributed by atoms with E-state index >= 15 is 0 Å². The lowest BCUT2D eigenvalue weighted by Crippen LogP contribution is -2.39. The summed E-state index contributed by atoms with van der Waals surface area (Å²) in [6.07, 6.45) is 0. The van der Waals surface area contributed by atoms with E-state index in [9.17, 15) is 9.59 Å². The summed E-state index contributed by atoms with van der Waals surface area (Å²) in [5.41, 5.74) is 4.13. The molecule has 0 aliphatic carbocycles. The number of hydrogen-bond donors (Lipinski definition) is 0. The van der Waals surface area contributed by atoms with Crippen LogP contribution in [-0.4, -0.2) is 66.0 Å². The number of allylic oxidation sites excluding steroid dienone is 1. The molecule has 5 rings (SSSR count). The number of amides is 1. The quantitative estimate of drug-likeness (QED) is 0.471. The molecule has 0 saturated carbocycles. The zero-order valence-corrected chi connectivity index (χ0v) is 20.8. The number of esters is 1. The highest BCUT2D eigenvalue weighted by Gasteiger charge is 2.44.